The molecule has 0 radical (unpaired) electrons. The molecule has 1 atom stereocenters. The van der Waals surface area contributed by atoms with E-state index in [0.717, 1.165) is 13.1 Å². The summed E-state index contributed by atoms with van der Waals surface area (Å²) in [5, 5.41) is 11.6. The third-order valence-corrected chi connectivity index (χ3v) is 3.12. The molecule has 2 N–H and O–H groups in total. The highest BCUT2D eigenvalue weighted by Gasteiger charge is 2.26. The van der Waals surface area contributed by atoms with Crippen molar-refractivity contribution in [1.82, 2.24) is 15.1 Å². The molecule has 0 aromatic carbocycles. The smallest absolute Gasteiger partial charge is 0.317 e. The number of aliphatic carboxylic acids is 1. The zero-order chi connectivity index (χ0) is 13.7. The molecule has 0 spiro atoms. The summed E-state index contributed by atoms with van der Waals surface area (Å²) in [6, 6.07) is -0.00683. The van der Waals surface area contributed by atoms with Crippen molar-refractivity contribution >= 4 is 11.9 Å². The van der Waals surface area contributed by atoms with Gasteiger partial charge in [0.1, 0.15) is 0 Å². The highest BCUT2D eigenvalue weighted by molar-refractivity contribution is 5.81. The van der Waals surface area contributed by atoms with Crippen molar-refractivity contribution in [3.05, 3.63) is 0 Å². The number of nitrogens with zero attached hydrogens (tertiary/aromatic N) is 2. The van der Waals surface area contributed by atoms with Gasteiger partial charge in [-0.15, -0.1) is 0 Å². The van der Waals surface area contributed by atoms with E-state index in [0.29, 0.717) is 13.1 Å². The predicted molar refractivity (Wildman–Crippen MR) is 68.4 cm³/mol. The molecule has 1 aliphatic rings. The third-order valence-electron chi connectivity index (χ3n) is 3.12. The molecule has 1 aliphatic heterocycles. The Morgan fingerprint density at radius 2 is 1.72 bits per heavy atom. The van der Waals surface area contributed by atoms with Gasteiger partial charge in [-0.25, -0.2) is 0 Å². The van der Waals surface area contributed by atoms with Crippen LogP contribution in [0.5, 0.6) is 0 Å². The van der Waals surface area contributed by atoms with Gasteiger partial charge in [-0.3, -0.25) is 19.4 Å². The Morgan fingerprint density at radius 1 is 1.17 bits per heavy atom. The largest absolute Gasteiger partial charge is 0.480 e. The first-order valence-electron chi connectivity index (χ1n) is 6.38. The minimum absolute atomic E-state index is 0.0386. The van der Waals surface area contributed by atoms with Gasteiger partial charge in [0.2, 0.25) is 5.91 Å². The van der Waals surface area contributed by atoms with Crippen LogP contribution >= 0.6 is 0 Å². The molecule has 1 fully saturated rings. The first-order valence-corrected chi connectivity index (χ1v) is 6.38. The van der Waals surface area contributed by atoms with E-state index in [2.05, 4.69) is 10.2 Å². The van der Waals surface area contributed by atoms with Crippen molar-refractivity contribution in [1.29, 1.82) is 0 Å². The van der Waals surface area contributed by atoms with Gasteiger partial charge in [-0.05, 0) is 20.8 Å². The molecule has 1 rings (SSSR count). The molecular weight excluding hydrogens is 234 g/mol. The van der Waals surface area contributed by atoms with Crippen molar-refractivity contribution in [2.45, 2.75) is 32.9 Å². The highest BCUT2D eigenvalue weighted by atomic mass is 16.4. The minimum atomic E-state index is -0.797. The molecule has 0 aromatic rings. The fourth-order valence-corrected chi connectivity index (χ4v) is 2.07. The normalized spacial score (nSPS) is 19.8. The lowest BCUT2D eigenvalue weighted by Crippen LogP contribution is -2.55. The van der Waals surface area contributed by atoms with E-state index in [1.54, 1.807) is 0 Å². The summed E-state index contributed by atoms with van der Waals surface area (Å²) < 4.78 is 0. The molecule has 18 heavy (non-hydrogen) atoms. The molecule has 1 heterocycles. The van der Waals surface area contributed by atoms with Crippen LogP contribution < -0.4 is 5.32 Å². The fourth-order valence-electron chi connectivity index (χ4n) is 2.07. The Bertz CT molecular complexity index is 299. The fraction of sp³-hybridized carbons (Fsp3) is 0.833. The van der Waals surface area contributed by atoms with Crippen molar-refractivity contribution < 1.29 is 14.7 Å². The number of amides is 1. The van der Waals surface area contributed by atoms with Gasteiger partial charge in [0.25, 0.3) is 0 Å². The van der Waals surface area contributed by atoms with Crippen molar-refractivity contribution in [3.8, 4) is 0 Å². The number of carboxylic acid groups (broad SMARTS) is 1. The second-order valence-electron chi connectivity index (χ2n) is 5.05. The van der Waals surface area contributed by atoms with Crippen LogP contribution in [-0.2, 0) is 9.59 Å². The van der Waals surface area contributed by atoms with Crippen LogP contribution in [0.15, 0.2) is 0 Å². The molecule has 0 aliphatic carbocycles. The van der Waals surface area contributed by atoms with Crippen molar-refractivity contribution in [2.75, 3.05) is 32.7 Å². The van der Waals surface area contributed by atoms with E-state index >= 15 is 0 Å². The van der Waals surface area contributed by atoms with E-state index < -0.39 is 5.97 Å². The molecular formula is C12H23N3O3. The van der Waals surface area contributed by atoms with Gasteiger partial charge in [0.05, 0.1) is 12.6 Å². The lowest BCUT2D eigenvalue weighted by Gasteiger charge is -2.36. The van der Waals surface area contributed by atoms with Gasteiger partial charge < -0.3 is 10.4 Å². The summed E-state index contributed by atoms with van der Waals surface area (Å²) in [5.74, 6) is -0.759. The van der Waals surface area contributed by atoms with Crippen LogP contribution in [0.4, 0.5) is 0 Å². The lowest BCUT2D eigenvalue weighted by atomic mass is 10.2. The van der Waals surface area contributed by atoms with Crippen LogP contribution in [0.25, 0.3) is 0 Å². The Labute approximate surface area is 108 Å². The monoisotopic (exact) mass is 257 g/mol. The van der Waals surface area contributed by atoms with E-state index in [9.17, 15) is 9.59 Å². The maximum Gasteiger partial charge on any atom is 0.317 e. The average Bonchev–Trinajstić information content (AvgIpc) is 2.27. The number of carboxylic acids is 1. The maximum absolute atomic E-state index is 11.9. The third kappa shape index (κ3) is 4.62. The van der Waals surface area contributed by atoms with E-state index in [-0.39, 0.29) is 24.5 Å². The molecule has 0 saturated carbocycles. The predicted octanol–water partition coefficient (Wildman–Crippen LogP) is -0.398. The average molecular weight is 257 g/mol. The summed E-state index contributed by atoms with van der Waals surface area (Å²) in [7, 11) is 0. The Balaban J connectivity index is 2.37. The first kappa shape index (κ1) is 14.9. The van der Waals surface area contributed by atoms with Crippen molar-refractivity contribution in [3.63, 3.8) is 0 Å². The van der Waals surface area contributed by atoms with Crippen LogP contribution in [0, 0.1) is 0 Å². The number of carbonyl (C=O) groups is 2. The quantitative estimate of drug-likeness (QED) is 0.701. The number of hydrogen-bond donors (Lipinski definition) is 2. The van der Waals surface area contributed by atoms with Gasteiger partial charge in [0, 0.05) is 32.2 Å². The molecule has 0 bridgehead atoms. The Kier molecular flexibility index (Phi) is 5.55. The molecule has 1 unspecified atom stereocenters. The number of hydrogen-bond acceptors (Lipinski definition) is 4. The van der Waals surface area contributed by atoms with Crippen molar-refractivity contribution in [2.24, 2.45) is 0 Å². The lowest BCUT2D eigenvalue weighted by molar-refractivity contribution is -0.139. The SMILES string of the molecule is CC(C)NC(=O)C(C)N1CCN(CC(=O)O)CC1. The standard InChI is InChI=1S/C12H23N3O3/c1-9(2)13-12(18)10(3)15-6-4-14(5-7-15)8-11(16)17/h9-10H,4-8H2,1-3H3,(H,13,18)(H,16,17). The number of carbonyl (C=O) groups excluding carboxylic acids is 1. The second kappa shape index (κ2) is 6.70. The number of nitrogens with one attached hydrogen (secondary N) is 1. The summed E-state index contributed by atoms with van der Waals surface area (Å²) in [6.45, 7) is 8.73. The Morgan fingerprint density at radius 3 is 2.17 bits per heavy atom. The number of rotatable bonds is 5. The summed E-state index contributed by atoms with van der Waals surface area (Å²) in [6.07, 6.45) is 0. The van der Waals surface area contributed by atoms with E-state index in [1.807, 2.05) is 25.7 Å². The molecule has 104 valence electrons. The Hall–Kier alpha value is -1.14. The van der Waals surface area contributed by atoms with Gasteiger partial charge in [-0.1, -0.05) is 0 Å². The topological polar surface area (TPSA) is 72.9 Å². The maximum atomic E-state index is 11.9. The molecule has 1 amide bonds. The molecule has 0 aromatic heterocycles. The molecule has 6 nitrogen and oxygen atoms in total. The zero-order valence-electron chi connectivity index (χ0n) is 11.3. The molecule has 6 heteroatoms. The molecule has 1 saturated heterocycles. The van der Waals surface area contributed by atoms with Gasteiger partial charge >= 0.3 is 5.97 Å². The second-order valence-corrected chi connectivity index (χ2v) is 5.05. The number of piperazine rings is 1. The van der Waals surface area contributed by atoms with Crippen LogP contribution in [-0.4, -0.2) is 71.6 Å². The summed E-state index contributed by atoms with van der Waals surface area (Å²) >= 11 is 0. The minimum Gasteiger partial charge on any atom is -0.480 e. The van der Waals surface area contributed by atoms with E-state index in [4.69, 9.17) is 5.11 Å². The van der Waals surface area contributed by atoms with Crippen LogP contribution in [0.2, 0.25) is 0 Å². The highest BCUT2D eigenvalue weighted by Crippen LogP contribution is 2.06. The first-order chi connectivity index (χ1) is 8.40. The van der Waals surface area contributed by atoms with E-state index in [1.165, 1.54) is 0 Å². The zero-order valence-corrected chi connectivity index (χ0v) is 11.3. The summed E-state index contributed by atoms with van der Waals surface area (Å²) in [4.78, 5) is 26.4. The van der Waals surface area contributed by atoms with Crippen LogP contribution in [0.1, 0.15) is 20.8 Å². The van der Waals surface area contributed by atoms with Gasteiger partial charge in [-0.2, -0.15) is 0 Å². The van der Waals surface area contributed by atoms with Gasteiger partial charge in [0.15, 0.2) is 0 Å². The summed E-state index contributed by atoms with van der Waals surface area (Å²) in [5.41, 5.74) is 0. The van der Waals surface area contributed by atoms with Crippen LogP contribution in [0.3, 0.4) is 0 Å².